The summed E-state index contributed by atoms with van der Waals surface area (Å²) in [6.45, 7) is 2.82. The maximum atomic E-state index is 14.2. The van der Waals surface area contributed by atoms with Gasteiger partial charge in [-0.1, -0.05) is 34.1 Å². The fourth-order valence-electron chi connectivity index (χ4n) is 3.44. The summed E-state index contributed by atoms with van der Waals surface area (Å²) in [6.07, 6.45) is -0.971. The molecule has 0 unspecified atom stereocenters. The molecule has 182 valence electrons. The smallest absolute Gasteiger partial charge is 0.433 e. The van der Waals surface area contributed by atoms with E-state index in [1.165, 1.54) is 44.4 Å². The molecule has 0 bridgehead atoms. The minimum absolute atomic E-state index is 0.0237. The van der Waals surface area contributed by atoms with E-state index in [-0.39, 0.29) is 52.1 Å². The Bertz CT molecular complexity index is 1370. The highest BCUT2D eigenvalue weighted by atomic mass is 35.5. The van der Waals surface area contributed by atoms with Gasteiger partial charge < -0.3 is 9.63 Å². The lowest BCUT2D eigenvalue weighted by Crippen LogP contribution is -2.22. The first-order chi connectivity index (χ1) is 16.5. The lowest BCUT2D eigenvalue weighted by molar-refractivity contribution is -0.143. The Kier molecular flexibility index (Phi) is 6.32. The number of alkyl halides is 3. The molecule has 1 aromatic carbocycles. The van der Waals surface area contributed by atoms with Gasteiger partial charge >= 0.3 is 6.18 Å². The van der Waals surface area contributed by atoms with Crippen LogP contribution < -0.4 is 0 Å². The SMILES string of the molecule is CC(C)(CCn1ncc(-c2onc(-c3cccc(O)c3Cl)c2-c2ncccn2)c1C(F)(F)F)N=O. The molecule has 9 nitrogen and oxygen atoms in total. The van der Waals surface area contributed by atoms with E-state index < -0.39 is 23.0 Å². The van der Waals surface area contributed by atoms with Crippen molar-refractivity contribution in [3.8, 4) is 39.7 Å². The average molecular weight is 507 g/mol. The van der Waals surface area contributed by atoms with Crippen LogP contribution in [0.1, 0.15) is 26.0 Å². The number of rotatable bonds is 7. The van der Waals surface area contributed by atoms with Crippen molar-refractivity contribution >= 4 is 11.6 Å². The van der Waals surface area contributed by atoms with Crippen LogP contribution in [0.5, 0.6) is 5.75 Å². The molecule has 3 aromatic heterocycles. The standard InChI is InChI=1S/C22H18ClF3N6O3/c1-21(2,31-34)7-10-32-19(22(24,25)26)13(11-29-32)18-15(20-27-8-4-9-28-20)17(30-35-18)12-5-3-6-14(33)16(12)23/h3-6,8-9,11,33H,7,10H2,1-2H3. The highest BCUT2D eigenvalue weighted by molar-refractivity contribution is 6.34. The first kappa shape index (κ1) is 24.3. The Morgan fingerprint density at radius 3 is 2.51 bits per heavy atom. The maximum Gasteiger partial charge on any atom is 0.433 e. The number of nitrogens with zero attached hydrogens (tertiary/aromatic N) is 6. The molecule has 0 amide bonds. The van der Waals surface area contributed by atoms with Crippen LogP contribution >= 0.6 is 11.6 Å². The Morgan fingerprint density at radius 1 is 1.14 bits per heavy atom. The Balaban J connectivity index is 1.94. The van der Waals surface area contributed by atoms with Gasteiger partial charge in [-0.2, -0.15) is 23.2 Å². The quantitative estimate of drug-likeness (QED) is 0.306. The van der Waals surface area contributed by atoms with Gasteiger partial charge in [0.1, 0.15) is 11.4 Å². The molecule has 0 aliphatic rings. The van der Waals surface area contributed by atoms with E-state index in [1.54, 1.807) is 6.07 Å². The van der Waals surface area contributed by atoms with E-state index in [9.17, 15) is 23.2 Å². The summed E-state index contributed by atoms with van der Waals surface area (Å²) >= 11 is 6.24. The van der Waals surface area contributed by atoms with Gasteiger partial charge in [0.05, 0.1) is 27.9 Å². The van der Waals surface area contributed by atoms with Crippen molar-refractivity contribution in [3.63, 3.8) is 0 Å². The Hall–Kier alpha value is -3.80. The van der Waals surface area contributed by atoms with E-state index in [4.69, 9.17) is 16.1 Å². The van der Waals surface area contributed by atoms with Gasteiger partial charge in [0.25, 0.3) is 0 Å². The fourth-order valence-corrected chi connectivity index (χ4v) is 3.66. The summed E-state index contributed by atoms with van der Waals surface area (Å²) < 4.78 is 48.8. The van der Waals surface area contributed by atoms with Crippen molar-refractivity contribution in [2.45, 2.75) is 38.5 Å². The number of aromatic hydroxyl groups is 1. The summed E-state index contributed by atoms with van der Waals surface area (Å²) in [5.41, 5.74) is -2.28. The van der Waals surface area contributed by atoms with Gasteiger partial charge in [-0.3, -0.25) is 4.68 Å². The lowest BCUT2D eigenvalue weighted by Gasteiger charge is -2.17. The molecule has 4 aromatic rings. The van der Waals surface area contributed by atoms with Crippen molar-refractivity contribution in [2.24, 2.45) is 5.18 Å². The number of benzene rings is 1. The monoisotopic (exact) mass is 506 g/mol. The summed E-state index contributed by atoms with van der Waals surface area (Å²) in [5.74, 6) is -0.494. The largest absolute Gasteiger partial charge is 0.506 e. The van der Waals surface area contributed by atoms with Gasteiger partial charge in [0.2, 0.25) is 0 Å². The first-order valence-corrected chi connectivity index (χ1v) is 10.6. The fraction of sp³-hybridized carbons (Fsp3) is 0.273. The Labute approximate surface area is 201 Å². The van der Waals surface area contributed by atoms with Crippen LogP contribution in [-0.4, -0.2) is 35.6 Å². The predicted octanol–water partition coefficient (Wildman–Crippen LogP) is 5.98. The van der Waals surface area contributed by atoms with Crippen LogP contribution in [0.2, 0.25) is 5.02 Å². The van der Waals surface area contributed by atoms with E-state index in [0.29, 0.717) is 0 Å². The zero-order chi connectivity index (χ0) is 25.4. The molecule has 13 heteroatoms. The van der Waals surface area contributed by atoms with Crippen LogP contribution in [0.25, 0.3) is 34.0 Å². The summed E-state index contributed by atoms with van der Waals surface area (Å²) in [5, 5.41) is 20.8. The minimum Gasteiger partial charge on any atom is -0.506 e. The number of aryl methyl sites for hydroxylation is 1. The third kappa shape index (κ3) is 4.74. The highest BCUT2D eigenvalue weighted by Gasteiger charge is 2.41. The minimum atomic E-state index is -4.82. The van der Waals surface area contributed by atoms with Crippen LogP contribution in [0.4, 0.5) is 13.2 Å². The first-order valence-electron chi connectivity index (χ1n) is 10.3. The average Bonchev–Trinajstić information content (AvgIpc) is 3.44. The van der Waals surface area contributed by atoms with Crippen molar-refractivity contribution in [1.29, 1.82) is 0 Å². The lowest BCUT2D eigenvalue weighted by atomic mass is 10.0. The molecule has 0 spiro atoms. The molecule has 1 N–H and O–H groups in total. The molecule has 4 rings (SSSR count). The number of hydrogen-bond donors (Lipinski definition) is 1. The number of halogens is 4. The second kappa shape index (κ2) is 9.10. The van der Waals surface area contributed by atoms with E-state index in [1.807, 2.05) is 0 Å². The zero-order valence-electron chi connectivity index (χ0n) is 18.4. The number of phenolic OH excluding ortho intramolecular Hbond substituents is 1. The zero-order valence-corrected chi connectivity index (χ0v) is 19.2. The van der Waals surface area contributed by atoms with E-state index in [0.717, 1.165) is 10.9 Å². The molecule has 0 aliphatic heterocycles. The second-order valence-electron chi connectivity index (χ2n) is 8.23. The van der Waals surface area contributed by atoms with Gasteiger partial charge in [-0.15, -0.1) is 0 Å². The van der Waals surface area contributed by atoms with Gasteiger partial charge in [-0.25, -0.2) is 9.97 Å². The van der Waals surface area contributed by atoms with E-state index in [2.05, 4.69) is 25.4 Å². The summed E-state index contributed by atoms with van der Waals surface area (Å²) in [4.78, 5) is 19.3. The Morgan fingerprint density at radius 2 is 1.86 bits per heavy atom. The van der Waals surface area contributed by atoms with E-state index >= 15 is 0 Å². The van der Waals surface area contributed by atoms with Crippen molar-refractivity contribution < 1.29 is 22.8 Å². The number of hydrogen-bond acceptors (Lipinski definition) is 8. The molecule has 0 radical (unpaired) electrons. The molecule has 0 fully saturated rings. The van der Waals surface area contributed by atoms with Crippen LogP contribution in [0.3, 0.4) is 0 Å². The molecular weight excluding hydrogens is 489 g/mol. The number of phenols is 1. The second-order valence-corrected chi connectivity index (χ2v) is 8.61. The molecular formula is C22H18ClF3N6O3. The van der Waals surface area contributed by atoms with Crippen LogP contribution in [0.15, 0.2) is 52.6 Å². The van der Waals surface area contributed by atoms with Crippen molar-refractivity contribution in [3.05, 3.63) is 58.5 Å². The number of nitroso groups, excluding NO2 is 1. The van der Waals surface area contributed by atoms with Gasteiger partial charge in [0.15, 0.2) is 17.3 Å². The predicted molar refractivity (Wildman–Crippen MR) is 120 cm³/mol. The molecule has 3 heterocycles. The van der Waals surface area contributed by atoms with Crippen molar-refractivity contribution in [2.75, 3.05) is 0 Å². The third-order valence-corrected chi connectivity index (χ3v) is 5.65. The molecule has 35 heavy (non-hydrogen) atoms. The van der Waals surface area contributed by atoms with Crippen LogP contribution in [-0.2, 0) is 12.7 Å². The highest BCUT2D eigenvalue weighted by Crippen LogP contribution is 2.45. The third-order valence-electron chi connectivity index (χ3n) is 5.25. The summed E-state index contributed by atoms with van der Waals surface area (Å²) in [7, 11) is 0. The van der Waals surface area contributed by atoms with Gasteiger partial charge in [0, 0.05) is 24.5 Å². The van der Waals surface area contributed by atoms with Crippen LogP contribution in [0, 0.1) is 4.91 Å². The maximum absolute atomic E-state index is 14.2. The van der Waals surface area contributed by atoms with Gasteiger partial charge in [-0.05, 0) is 32.4 Å². The normalized spacial score (nSPS) is 12.2. The summed E-state index contributed by atoms with van der Waals surface area (Å²) in [6, 6.07) is 5.92. The molecule has 0 atom stereocenters. The number of aromatic nitrogens is 5. The molecule has 0 saturated heterocycles. The topological polar surface area (TPSA) is 119 Å². The molecule has 0 aliphatic carbocycles. The molecule has 0 saturated carbocycles. The van der Waals surface area contributed by atoms with Crippen molar-refractivity contribution in [1.82, 2.24) is 24.9 Å².